The SMILES string of the molecule is CCC(=Cc1oc2ccc(-c3ccccc3)cc2[n+]1CCS(=O)(=O)[O-])C=C1Cc2ccc(-c3ccccc3)c(C3CCCCC3)c2C1. The second kappa shape index (κ2) is 13.5. The van der Waals surface area contributed by atoms with Gasteiger partial charge in [0.15, 0.2) is 6.54 Å². The molecule has 2 aliphatic rings. The van der Waals surface area contributed by atoms with Gasteiger partial charge in [0, 0.05) is 6.07 Å². The van der Waals surface area contributed by atoms with Crippen LogP contribution >= 0.6 is 0 Å². The van der Waals surface area contributed by atoms with Crippen molar-refractivity contribution < 1.29 is 22.0 Å². The molecular formula is C41H41NO4S. The van der Waals surface area contributed by atoms with Crippen LogP contribution in [0, 0.1) is 0 Å². The smallest absolute Gasteiger partial charge is 0.374 e. The van der Waals surface area contributed by atoms with Crippen molar-refractivity contribution in [1.82, 2.24) is 0 Å². The number of benzene rings is 4. The summed E-state index contributed by atoms with van der Waals surface area (Å²) >= 11 is 0. The van der Waals surface area contributed by atoms with Crippen LogP contribution in [-0.2, 0) is 29.5 Å². The Bertz CT molecular complexity index is 2070. The van der Waals surface area contributed by atoms with Gasteiger partial charge in [-0.25, -0.2) is 8.42 Å². The van der Waals surface area contributed by atoms with Crippen molar-refractivity contribution in [2.24, 2.45) is 0 Å². The first-order valence-electron chi connectivity index (χ1n) is 16.9. The number of allylic oxidation sites excluding steroid dienone is 3. The van der Waals surface area contributed by atoms with Gasteiger partial charge in [0.2, 0.25) is 5.58 Å². The molecule has 1 saturated carbocycles. The lowest BCUT2D eigenvalue weighted by atomic mass is 9.78. The molecule has 0 saturated heterocycles. The van der Waals surface area contributed by atoms with Crippen molar-refractivity contribution in [3.05, 3.63) is 131 Å². The van der Waals surface area contributed by atoms with Crippen molar-refractivity contribution in [2.45, 2.75) is 70.8 Å². The third kappa shape index (κ3) is 6.90. The van der Waals surface area contributed by atoms with E-state index in [0.717, 1.165) is 41.5 Å². The van der Waals surface area contributed by atoms with Gasteiger partial charge in [0.05, 0.1) is 11.8 Å². The van der Waals surface area contributed by atoms with Gasteiger partial charge in [-0.3, -0.25) is 0 Å². The van der Waals surface area contributed by atoms with E-state index in [9.17, 15) is 13.0 Å². The summed E-state index contributed by atoms with van der Waals surface area (Å²) in [5.41, 5.74) is 13.1. The van der Waals surface area contributed by atoms with Crippen LogP contribution in [0.1, 0.15) is 73.9 Å². The molecule has 0 amide bonds. The summed E-state index contributed by atoms with van der Waals surface area (Å²) in [5.74, 6) is 0.642. The van der Waals surface area contributed by atoms with Gasteiger partial charge < -0.3 is 8.97 Å². The van der Waals surface area contributed by atoms with Gasteiger partial charge in [-0.2, -0.15) is 4.57 Å². The Morgan fingerprint density at radius 1 is 0.872 bits per heavy atom. The summed E-state index contributed by atoms with van der Waals surface area (Å²) in [5, 5.41) is 0. The van der Waals surface area contributed by atoms with Gasteiger partial charge in [0.25, 0.3) is 5.52 Å². The zero-order valence-electron chi connectivity index (χ0n) is 27.0. The summed E-state index contributed by atoms with van der Waals surface area (Å²) in [6, 6.07) is 31.5. The molecule has 7 rings (SSSR count). The molecule has 4 aromatic carbocycles. The predicted octanol–water partition coefficient (Wildman–Crippen LogP) is 9.17. The minimum absolute atomic E-state index is 0.0227. The maximum Gasteiger partial charge on any atom is 0.374 e. The van der Waals surface area contributed by atoms with E-state index in [1.54, 1.807) is 5.56 Å². The van der Waals surface area contributed by atoms with Crippen molar-refractivity contribution >= 4 is 27.3 Å². The molecule has 240 valence electrons. The zero-order valence-corrected chi connectivity index (χ0v) is 27.8. The van der Waals surface area contributed by atoms with Crippen LogP contribution in [0.2, 0.25) is 0 Å². The van der Waals surface area contributed by atoms with Crippen LogP contribution in [0.25, 0.3) is 39.4 Å². The molecule has 1 aromatic heterocycles. The molecule has 5 aromatic rings. The lowest BCUT2D eigenvalue weighted by molar-refractivity contribution is -0.673. The number of oxazole rings is 1. The molecule has 1 fully saturated rings. The van der Waals surface area contributed by atoms with E-state index in [0.29, 0.717) is 17.4 Å². The summed E-state index contributed by atoms with van der Waals surface area (Å²) in [7, 11) is -4.41. The molecule has 0 N–H and O–H groups in total. The van der Waals surface area contributed by atoms with E-state index < -0.39 is 15.9 Å². The first-order valence-corrected chi connectivity index (χ1v) is 18.5. The predicted molar refractivity (Wildman–Crippen MR) is 188 cm³/mol. The van der Waals surface area contributed by atoms with Crippen molar-refractivity contribution in [3.8, 4) is 22.3 Å². The van der Waals surface area contributed by atoms with E-state index in [1.165, 1.54) is 59.9 Å². The van der Waals surface area contributed by atoms with Gasteiger partial charge in [0.1, 0.15) is 10.1 Å². The number of hydrogen-bond donors (Lipinski definition) is 0. The Kier molecular flexibility index (Phi) is 8.98. The molecule has 0 unspecified atom stereocenters. The first-order chi connectivity index (χ1) is 22.9. The van der Waals surface area contributed by atoms with Gasteiger partial charge in [-0.1, -0.05) is 117 Å². The van der Waals surface area contributed by atoms with E-state index in [1.807, 2.05) is 59.2 Å². The molecule has 0 aliphatic heterocycles. The van der Waals surface area contributed by atoms with Gasteiger partial charge in [-0.15, -0.1) is 0 Å². The van der Waals surface area contributed by atoms with Crippen molar-refractivity contribution in [1.29, 1.82) is 0 Å². The van der Waals surface area contributed by atoms with Crippen LogP contribution in [0.3, 0.4) is 0 Å². The first kappa shape index (κ1) is 31.3. The Morgan fingerprint density at radius 3 is 2.30 bits per heavy atom. The second-order valence-electron chi connectivity index (χ2n) is 13.0. The largest absolute Gasteiger partial charge is 0.748 e. The molecule has 6 heteroatoms. The topological polar surface area (TPSA) is 74.2 Å². The number of fused-ring (bicyclic) bond motifs is 2. The number of aromatic nitrogens is 1. The molecular weight excluding hydrogens is 603 g/mol. The molecule has 47 heavy (non-hydrogen) atoms. The highest BCUT2D eigenvalue weighted by atomic mass is 32.2. The molecule has 0 spiro atoms. The van der Waals surface area contributed by atoms with E-state index in [4.69, 9.17) is 4.42 Å². The fraction of sp³-hybridized carbons (Fsp3) is 0.293. The highest BCUT2D eigenvalue weighted by Crippen LogP contribution is 2.44. The van der Waals surface area contributed by atoms with Gasteiger partial charge in [-0.05, 0) is 88.6 Å². The maximum atomic E-state index is 11.7. The average molecular weight is 644 g/mol. The molecule has 0 radical (unpaired) electrons. The Hall–Kier alpha value is -4.26. The normalized spacial score (nSPS) is 16.6. The van der Waals surface area contributed by atoms with Crippen LogP contribution in [-0.4, -0.2) is 18.7 Å². The minimum atomic E-state index is -4.41. The lowest BCUT2D eigenvalue weighted by Gasteiger charge is -2.27. The minimum Gasteiger partial charge on any atom is -0.748 e. The Morgan fingerprint density at radius 2 is 1.60 bits per heavy atom. The molecule has 1 heterocycles. The summed E-state index contributed by atoms with van der Waals surface area (Å²) < 4.78 is 43.3. The third-order valence-corrected chi connectivity index (χ3v) is 10.6. The lowest BCUT2D eigenvalue weighted by Crippen LogP contribution is -2.38. The number of aryl methyl sites for hydroxylation is 1. The number of nitrogens with zero attached hydrogens (tertiary/aromatic N) is 1. The second-order valence-corrected chi connectivity index (χ2v) is 14.5. The monoisotopic (exact) mass is 643 g/mol. The molecule has 2 aliphatic carbocycles. The van der Waals surface area contributed by atoms with Gasteiger partial charge >= 0.3 is 5.89 Å². The van der Waals surface area contributed by atoms with Crippen LogP contribution in [0.5, 0.6) is 0 Å². The highest BCUT2D eigenvalue weighted by Gasteiger charge is 2.28. The standard InChI is InChI=1S/C41H41NO4S/c1-2-29(27-40-42(22-23-47(43,44)45)38-28-34(19-21-39(38)46-40)31-12-6-3-7-13-31)24-30-25-35-18-20-36(32-14-8-4-9-15-32)41(37(35)26-30)33-16-10-5-11-17-33/h3-4,6-9,12-15,18-21,24,27-28,33H,2,5,10-11,16-17,22-23,25-26H2,1H3. The quantitative estimate of drug-likeness (QED) is 0.119. The van der Waals surface area contributed by atoms with E-state index in [2.05, 4.69) is 55.5 Å². The molecule has 0 bridgehead atoms. The Labute approximate surface area is 278 Å². The number of rotatable bonds is 9. The molecule has 0 atom stereocenters. The van der Waals surface area contributed by atoms with E-state index >= 15 is 0 Å². The highest BCUT2D eigenvalue weighted by molar-refractivity contribution is 7.85. The summed E-state index contributed by atoms with van der Waals surface area (Å²) in [6.07, 6.45) is 13.4. The fourth-order valence-corrected chi connectivity index (χ4v) is 7.97. The van der Waals surface area contributed by atoms with Crippen LogP contribution in [0.4, 0.5) is 0 Å². The fourth-order valence-electron chi connectivity index (χ4n) is 7.57. The summed E-state index contributed by atoms with van der Waals surface area (Å²) in [4.78, 5) is 0. The van der Waals surface area contributed by atoms with Crippen molar-refractivity contribution in [2.75, 3.05) is 5.75 Å². The van der Waals surface area contributed by atoms with E-state index in [-0.39, 0.29) is 6.54 Å². The third-order valence-electron chi connectivity index (χ3n) is 9.88. The van der Waals surface area contributed by atoms with Crippen LogP contribution in [0.15, 0.2) is 113 Å². The zero-order chi connectivity index (χ0) is 32.4. The summed E-state index contributed by atoms with van der Waals surface area (Å²) in [6.45, 7) is 2.16. The maximum absolute atomic E-state index is 11.7. The molecule has 5 nitrogen and oxygen atoms in total. The Balaban J connectivity index is 1.26. The average Bonchev–Trinajstić information content (AvgIpc) is 3.67. The number of hydrogen-bond acceptors (Lipinski definition) is 4. The van der Waals surface area contributed by atoms with Crippen LogP contribution < -0.4 is 4.57 Å². The van der Waals surface area contributed by atoms with Crippen molar-refractivity contribution in [3.63, 3.8) is 0 Å².